The van der Waals surface area contributed by atoms with Crippen molar-refractivity contribution in [3.05, 3.63) is 29.3 Å². The summed E-state index contributed by atoms with van der Waals surface area (Å²) >= 11 is 6.02. The molecule has 2 aromatic rings. The number of halogens is 1. The Hall–Kier alpha value is -1.92. The third-order valence-electron chi connectivity index (χ3n) is 3.04. The van der Waals surface area contributed by atoms with Gasteiger partial charge in [0.2, 0.25) is 0 Å². The monoisotopic (exact) mass is 337 g/mol. The molecule has 2 rings (SSSR count). The lowest BCUT2D eigenvalue weighted by atomic mass is 10.2. The third kappa shape index (κ3) is 4.53. The second-order valence-corrected chi connectivity index (χ2v) is 5.61. The van der Waals surface area contributed by atoms with E-state index in [0.29, 0.717) is 36.2 Å². The molecule has 0 unspecified atom stereocenters. The van der Waals surface area contributed by atoms with E-state index in [1.807, 2.05) is 13.0 Å². The van der Waals surface area contributed by atoms with Gasteiger partial charge in [0.05, 0.1) is 6.61 Å². The van der Waals surface area contributed by atoms with Crippen LogP contribution in [0.5, 0.6) is 6.01 Å². The summed E-state index contributed by atoms with van der Waals surface area (Å²) in [6.45, 7) is 6.90. The SMILES string of the molecule is CCOCCOc1nc(-c2cccc(Cl)c2)n(C(=O)C(C)C)n1. The molecule has 23 heavy (non-hydrogen) atoms. The van der Waals surface area contributed by atoms with Crippen molar-refractivity contribution in [2.45, 2.75) is 20.8 Å². The number of hydrogen-bond donors (Lipinski definition) is 0. The molecule has 0 saturated heterocycles. The summed E-state index contributed by atoms with van der Waals surface area (Å²) < 4.78 is 11.9. The Kier molecular flexibility index (Phi) is 6.12. The summed E-state index contributed by atoms with van der Waals surface area (Å²) in [7, 11) is 0. The Labute approximate surface area is 140 Å². The predicted molar refractivity (Wildman–Crippen MR) is 87.9 cm³/mol. The van der Waals surface area contributed by atoms with E-state index in [1.54, 1.807) is 32.0 Å². The Morgan fingerprint density at radius 3 is 2.78 bits per heavy atom. The summed E-state index contributed by atoms with van der Waals surface area (Å²) in [6.07, 6.45) is 0. The molecule has 124 valence electrons. The molecular weight excluding hydrogens is 318 g/mol. The standard InChI is InChI=1S/C16H20ClN3O3/c1-4-22-8-9-23-16-18-14(12-6-5-7-13(17)10-12)20(19-16)15(21)11(2)3/h5-7,10-11H,4,8-9H2,1-3H3. The molecule has 0 spiro atoms. The zero-order valence-electron chi connectivity index (χ0n) is 13.5. The summed E-state index contributed by atoms with van der Waals surface area (Å²) in [5.74, 6) is 0.0376. The van der Waals surface area contributed by atoms with Gasteiger partial charge in [0.1, 0.15) is 6.61 Å². The molecule has 0 atom stereocenters. The highest BCUT2D eigenvalue weighted by Gasteiger charge is 2.20. The van der Waals surface area contributed by atoms with Crippen LogP contribution >= 0.6 is 11.6 Å². The number of hydrogen-bond acceptors (Lipinski definition) is 5. The van der Waals surface area contributed by atoms with Crippen molar-refractivity contribution in [2.75, 3.05) is 19.8 Å². The molecule has 0 bridgehead atoms. The fourth-order valence-electron chi connectivity index (χ4n) is 1.90. The molecule has 6 nitrogen and oxygen atoms in total. The van der Waals surface area contributed by atoms with Crippen LogP contribution in [0.4, 0.5) is 0 Å². The molecule has 0 aliphatic heterocycles. The van der Waals surface area contributed by atoms with Crippen LogP contribution in [-0.4, -0.2) is 40.5 Å². The second kappa shape index (κ2) is 8.08. The minimum atomic E-state index is -0.217. The zero-order valence-corrected chi connectivity index (χ0v) is 14.2. The van der Waals surface area contributed by atoms with Crippen molar-refractivity contribution in [3.63, 3.8) is 0 Å². The van der Waals surface area contributed by atoms with Gasteiger partial charge in [-0.25, -0.2) is 0 Å². The van der Waals surface area contributed by atoms with E-state index < -0.39 is 0 Å². The highest BCUT2D eigenvalue weighted by Crippen LogP contribution is 2.23. The first-order valence-electron chi connectivity index (χ1n) is 7.50. The van der Waals surface area contributed by atoms with Crippen molar-refractivity contribution in [3.8, 4) is 17.4 Å². The van der Waals surface area contributed by atoms with E-state index in [9.17, 15) is 4.79 Å². The molecule has 0 amide bonds. The highest BCUT2D eigenvalue weighted by molar-refractivity contribution is 6.30. The van der Waals surface area contributed by atoms with Gasteiger partial charge in [-0.2, -0.15) is 9.67 Å². The third-order valence-corrected chi connectivity index (χ3v) is 3.27. The van der Waals surface area contributed by atoms with Crippen LogP contribution in [0.25, 0.3) is 11.4 Å². The van der Waals surface area contributed by atoms with Crippen molar-refractivity contribution >= 4 is 17.5 Å². The molecule has 0 saturated carbocycles. The highest BCUT2D eigenvalue weighted by atomic mass is 35.5. The maximum atomic E-state index is 12.4. The average molecular weight is 338 g/mol. The topological polar surface area (TPSA) is 66.2 Å². The van der Waals surface area contributed by atoms with Crippen molar-refractivity contribution in [1.82, 2.24) is 14.8 Å². The first-order chi connectivity index (χ1) is 11.0. The molecule has 0 N–H and O–H groups in total. The largest absolute Gasteiger partial charge is 0.460 e. The van der Waals surface area contributed by atoms with Crippen LogP contribution in [-0.2, 0) is 4.74 Å². The van der Waals surface area contributed by atoms with Crippen molar-refractivity contribution < 1.29 is 14.3 Å². The lowest BCUT2D eigenvalue weighted by Crippen LogP contribution is -2.19. The average Bonchev–Trinajstić information content (AvgIpc) is 2.95. The molecule has 0 fully saturated rings. The molecule has 1 aromatic carbocycles. The van der Waals surface area contributed by atoms with E-state index in [4.69, 9.17) is 21.1 Å². The molecule has 7 heteroatoms. The fourth-order valence-corrected chi connectivity index (χ4v) is 2.09. The van der Waals surface area contributed by atoms with Gasteiger partial charge in [0.15, 0.2) is 5.82 Å². The molecule has 0 aliphatic rings. The first kappa shape index (κ1) is 17.4. The van der Waals surface area contributed by atoms with E-state index in [0.717, 1.165) is 0 Å². The first-order valence-corrected chi connectivity index (χ1v) is 7.88. The van der Waals surface area contributed by atoms with Gasteiger partial charge in [-0.3, -0.25) is 4.79 Å². The summed E-state index contributed by atoms with van der Waals surface area (Å²) in [4.78, 5) is 16.7. The van der Waals surface area contributed by atoms with Gasteiger partial charge in [-0.15, -0.1) is 5.10 Å². The van der Waals surface area contributed by atoms with Crippen LogP contribution in [0.15, 0.2) is 24.3 Å². The Morgan fingerprint density at radius 1 is 1.35 bits per heavy atom. The van der Waals surface area contributed by atoms with Gasteiger partial charge in [0, 0.05) is 23.1 Å². The van der Waals surface area contributed by atoms with Gasteiger partial charge < -0.3 is 9.47 Å². The molecule has 1 heterocycles. The van der Waals surface area contributed by atoms with Crippen molar-refractivity contribution in [1.29, 1.82) is 0 Å². The van der Waals surface area contributed by atoms with Gasteiger partial charge in [0.25, 0.3) is 5.91 Å². The molecular formula is C16H20ClN3O3. The van der Waals surface area contributed by atoms with E-state index >= 15 is 0 Å². The van der Waals surface area contributed by atoms with Crippen LogP contribution < -0.4 is 4.74 Å². The predicted octanol–water partition coefficient (Wildman–Crippen LogP) is 3.31. The van der Waals surface area contributed by atoms with E-state index in [-0.39, 0.29) is 17.8 Å². The number of carbonyl (C=O) groups excluding carboxylic acids is 1. The minimum absolute atomic E-state index is 0.147. The summed E-state index contributed by atoms with van der Waals surface area (Å²) in [5, 5.41) is 4.73. The number of aromatic nitrogens is 3. The Balaban J connectivity index is 2.31. The Bertz CT molecular complexity index is 670. The zero-order chi connectivity index (χ0) is 16.8. The van der Waals surface area contributed by atoms with Gasteiger partial charge in [-0.1, -0.05) is 37.6 Å². The van der Waals surface area contributed by atoms with Crippen LogP contribution in [0.3, 0.4) is 0 Å². The second-order valence-electron chi connectivity index (χ2n) is 5.18. The Morgan fingerprint density at radius 2 is 2.13 bits per heavy atom. The number of nitrogens with zero attached hydrogens (tertiary/aromatic N) is 3. The lowest BCUT2D eigenvalue weighted by molar-refractivity contribution is 0.0834. The van der Waals surface area contributed by atoms with E-state index in [2.05, 4.69) is 10.1 Å². The lowest BCUT2D eigenvalue weighted by Gasteiger charge is -2.06. The van der Waals surface area contributed by atoms with Crippen molar-refractivity contribution in [2.24, 2.45) is 5.92 Å². The van der Waals surface area contributed by atoms with E-state index in [1.165, 1.54) is 4.68 Å². The summed E-state index contributed by atoms with van der Waals surface area (Å²) in [6, 6.07) is 7.26. The number of benzene rings is 1. The van der Waals surface area contributed by atoms with Crippen LogP contribution in [0, 0.1) is 5.92 Å². The van der Waals surface area contributed by atoms with Crippen LogP contribution in [0.2, 0.25) is 5.02 Å². The normalized spacial score (nSPS) is 11.0. The minimum Gasteiger partial charge on any atom is -0.460 e. The molecule has 1 aromatic heterocycles. The molecule has 0 radical (unpaired) electrons. The fraction of sp³-hybridized carbons (Fsp3) is 0.438. The van der Waals surface area contributed by atoms with Crippen LogP contribution in [0.1, 0.15) is 25.6 Å². The summed E-state index contributed by atoms with van der Waals surface area (Å²) in [5.41, 5.74) is 0.707. The molecule has 0 aliphatic carbocycles. The maximum absolute atomic E-state index is 12.4. The smallest absolute Gasteiger partial charge is 0.336 e. The van der Waals surface area contributed by atoms with Gasteiger partial charge in [-0.05, 0) is 19.1 Å². The maximum Gasteiger partial charge on any atom is 0.336 e. The van der Waals surface area contributed by atoms with Gasteiger partial charge >= 0.3 is 6.01 Å². The number of rotatable bonds is 7. The number of carbonyl (C=O) groups is 1. The quantitative estimate of drug-likeness (QED) is 0.725. The number of ether oxygens (including phenoxy) is 2.